The van der Waals surface area contributed by atoms with Crippen LogP contribution in [-0.2, 0) is 9.47 Å². The fraction of sp³-hybridized carbons (Fsp3) is 0.444. The van der Waals surface area contributed by atoms with Crippen molar-refractivity contribution in [1.29, 1.82) is 0 Å². The highest BCUT2D eigenvalue weighted by molar-refractivity contribution is 9.10. The molecule has 0 aliphatic carbocycles. The number of pyridine rings is 1. The zero-order valence-corrected chi connectivity index (χ0v) is 9.74. The third-order valence-corrected chi connectivity index (χ3v) is 2.39. The summed E-state index contributed by atoms with van der Waals surface area (Å²) in [5.41, 5.74) is 0.971. The number of aromatic nitrogens is 1. The van der Waals surface area contributed by atoms with Gasteiger partial charge in [0.25, 0.3) is 0 Å². The summed E-state index contributed by atoms with van der Waals surface area (Å²) in [5.74, 6) is 0. The molecule has 1 rings (SSSR count). The predicted molar refractivity (Wildman–Crippen MR) is 58.2 cm³/mol. The van der Waals surface area contributed by atoms with Crippen LogP contribution in [-0.4, -0.2) is 32.0 Å². The zero-order valence-electron chi connectivity index (χ0n) is 8.16. The van der Waals surface area contributed by atoms with E-state index in [2.05, 4.69) is 26.2 Å². The van der Waals surface area contributed by atoms with Crippen molar-refractivity contribution in [2.24, 2.45) is 0 Å². The Balaban J connectivity index is 2.49. The number of ether oxygens (including phenoxy) is 2. The maximum atomic E-state index is 5.05. The van der Waals surface area contributed by atoms with Gasteiger partial charge in [0.2, 0.25) is 0 Å². The van der Waals surface area contributed by atoms with Crippen molar-refractivity contribution in [2.45, 2.75) is 6.29 Å². The van der Waals surface area contributed by atoms with Gasteiger partial charge in [-0.1, -0.05) is 0 Å². The van der Waals surface area contributed by atoms with Crippen molar-refractivity contribution >= 4 is 21.6 Å². The van der Waals surface area contributed by atoms with E-state index in [0.717, 1.165) is 10.2 Å². The summed E-state index contributed by atoms with van der Waals surface area (Å²) in [5, 5.41) is 3.18. The fourth-order valence-corrected chi connectivity index (χ4v) is 1.37. The molecule has 0 unspecified atom stereocenters. The summed E-state index contributed by atoms with van der Waals surface area (Å²) >= 11 is 3.38. The Hall–Kier alpha value is -0.650. The maximum absolute atomic E-state index is 5.05. The van der Waals surface area contributed by atoms with E-state index < -0.39 is 0 Å². The summed E-state index contributed by atoms with van der Waals surface area (Å²) in [7, 11) is 3.22. The SMILES string of the molecule is COC(CNc1ccncc1Br)OC. The Morgan fingerprint density at radius 2 is 2.21 bits per heavy atom. The normalized spacial score (nSPS) is 10.6. The first-order chi connectivity index (χ1) is 6.77. The molecule has 1 N–H and O–H groups in total. The molecule has 0 aliphatic rings. The van der Waals surface area contributed by atoms with Crippen LogP contribution in [0.15, 0.2) is 22.9 Å². The van der Waals surface area contributed by atoms with Gasteiger partial charge in [-0.05, 0) is 22.0 Å². The number of methoxy groups -OCH3 is 2. The quantitative estimate of drug-likeness (QED) is 0.822. The highest BCUT2D eigenvalue weighted by atomic mass is 79.9. The van der Waals surface area contributed by atoms with Crippen molar-refractivity contribution in [3.63, 3.8) is 0 Å². The topological polar surface area (TPSA) is 43.4 Å². The second-order valence-corrected chi connectivity index (χ2v) is 3.49. The monoisotopic (exact) mass is 260 g/mol. The van der Waals surface area contributed by atoms with E-state index in [0.29, 0.717) is 6.54 Å². The third-order valence-electron chi connectivity index (χ3n) is 1.76. The van der Waals surface area contributed by atoms with E-state index >= 15 is 0 Å². The molecule has 0 bridgehead atoms. The number of nitrogens with one attached hydrogen (secondary N) is 1. The molecule has 1 aromatic rings. The van der Waals surface area contributed by atoms with E-state index in [9.17, 15) is 0 Å². The standard InChI is InChI=1S/C9H13BrN2O2/c1-13-9(14-2)6-12-8-3-4-11-5-7(8)10/h3-5,9H,6H2,1-2H3,(H,11,12). The molecular formula is C9H13BrN2O2. The molecule has 1 aromatic heterocycles. The second kappa shape index (κ2) is 5.95. The maximum Gasteiger partial charge on any atom is 0.173 e. The zero-order chi connectivity index (χ0) is 10.4. The number of nitrogens with zero attached hydrogens (tertiary/aromatic N) is 1. The Labute approximate surface area is 91.8 Å². The molecule has 0 atom stereocenters. The number of hydrogen-bond donors (Lipinski definition) is 1. The molecule has 0 spiro atoms. The molecule has 5 heteroatoms. The average Bonchev–Trinajstić information content (AvgIpc) is 2.22. The van der Waals surface area contributed by atoms with Gasteiger partial charge >= 0.3 is 0 Å². The molecule has 4 nitrogen and oxygen atoms in total. The van der Waals surface area contributed by atoms with Gasteiger partial charge in [0.05, 0.1) is 16.7 Å². The van der Waals surface area contributed by atoms with Gasteiger partial charge in [-0.25, -0.2) is 0 Å². The minimum absolute atomic E-state index is 0.241. The highest BCUT2D eigenvalue weighted by Gasteiger charge is 2.05. The summed E-state index contributed by atoms with van der Waals surface area (Å²) in [6.45, 7) is 0.593. The molecular weight excluding hydrogens is 248 g/mol. The minimum atomic E-state index is -0.241. The first kappa shape index (κ1) is 11.4. The summed E-state index contributed by atoms with van der Waals surface area (Å²) in [6.07, 6.45) is 3.22. The third kappa shape index (κ3) is 3.25. The fourth-order valence-electron chi connectivity index (χ4n) is 0.975. The van der Waals surface area contributed by atoms with Crippen LogP contribution in [0.1, 0.15) is 0 Å². The smallest absolute Gasteiger partial charge is 0.173 e. The van der Waals surface area contributed by atoms with Crippen molar-refractivity contribution in [3.8, 4) is 0 Å². The lowest BCUT2D eigenvalue weighted by molar-refractivity contribution is -0.0914. The minimum Gasteiger partial charge on any atom is -0.379 e. The number of anilines is 1. The molecule has 1 heterocycles. The molecule has 14 heavy (non-hydrogen) atoms. The van der Waals surface area contributed by atoms with Crippen LogP contribution in [0.2, 0.25) is 0 Å². The second-order valence-electron chi connectivity index (χ2n) is 2.64. The highest BCUT2D eigenvalue weighted by Crippen LogP contribution is 2.19. The lowest BCUT2D eigenvalue weighted by Crippen LogP contribution is -2.23. The van der Waals surface area contributed by atoms with Gasteiger partial charge in [-0.15, -0.1) is 0 Å². The average molecular weight is 261 g/mol. The van der Waals surface area contributed by atoms with Crippen LogP contribution in [0.3, 0.4) is 0 Å². The van der Waals surface area contributed by atoms with Gasteiger partial charge in [0.1, 0.15) is 0 Å². The molecule has 78 valence electrons. The molecule has 0 aliphatic heterocycles. The first-order valence-electron chi connectivity index (χ1n) is 4.17. The molecule has 0 radical (unpaired) electrons. The summed E-state index contributed by atoms with van der Waals surface area (Å²) < 4.78 is 11.0. The van der Waals surface area contributed by atoms with Crippen LogP contribution in [0.25, 0.3) is 0 Å². The predicted octanol–water partition coefficient (Wildman–Crippen LogP) is 1.87. The van der Waals surface area contributed by atoms with Gasteiger partial charge in [-0.3, -0.25) is 4.98 Å². The molecule has 0 saturated carbocycles. The molecule has 0 saturated heterocycles. The Morgan fingerprint density at radius 1 is 1.50 bits per heavy atom. The van der Waals surface area contributed by atoms with E-state index in [1.54, 1.807) is 26.6 Å². The van der Waals surface area contributed by atoms with Crippen molar-refractivity contribution in [2.75, 3.05) is 26.1 Å². The van der Waals surface area contributed by atoms with E-state index in [1.165, 1.54) is 0 Å². The Kier molecular flexibility index (Phi) is 4.86. The summed E-state index contributed by atoms with van der Waals surface area (Å²) in [6, 6.07) is 1.88. The number of hydrogen-bond acceptors (Lipinski definition) is 4. The number of halogens is 1. The van der Waals surface area contributed by atoms with Gasteiger partial charge in [0.15, 0.2) is 6.29 Å². The Bertz CT molecular complexity index is 279. The largest absolute Gasteiger partial charge is 0.379 e. The van der Waals surface area contributed by atoms with Gasteiger partial charge in [-0.2, -0.15) is 0 Å². The van der Waals surface area contributed by atoms with Gasteiger partial charge in [0, 0.05) is 26.6 Å². The summed E-state index contributed by atoms with van der Waals surface area (Å²) in [4.78, 5) is 3.96. The van der Waals surface area contributed by atoms with E-state index in [4.69, 9.17) is 9.47 Å². The van der Waals surface area contributed by atoms with Crippen molar-refractivity contribution in [3.05, 3.63) is 22.9 Å². The Morgan fingerprint density at radius 3 is 2.79 bits per heavy atom. The van der Waals surface area contributed by atoms with E-state index in [1.807, 2.05) is 6.07 Å². The molecule has 0 aromatic carbocycles. The van der Waals surface area contributed by atoms with Crippen LogP contribution < -0.4 is 5.32 Å². The van der Waals surface area contributed by atoms with Crippen LogP contribution in [0.5, 0.6) is 0 Å². The van der Waals surface area contributed by atoms with Crippen LogP contribution >= 0.6 is 15.9 Å². The lowest BCUT2D eigenvalue weighted by Gasteiger charge is -2.15. The van der Waals surface area contributed by atoms with Gasteiger partial charge < -0.3 is 14.8 Å². The molecule has 0 amide bonds. The first-order valence-corrected chi connectivity index (χ1v) is 4.96. The van der Waals surface area contributed by atoms with Crippen molar-refractivity contribution < 1.29 is 9.47 Å². The van der Waals surface area contributed by atoms with Crippen LogP contribution in [0, 0.1) is 0 Å². The number of rotatable bonds is 5. The lowest BCUT2D eigenvalue weighted by atomic mass is 10.4. The van der Waals surface area contributed by atoms with E-state index in [-0.39, 0.29) is 6.29 Å². The van der Waals surface area contributed by atoms with Crippen LogP contribution in [0.4, 0.5) is 5.69 Å². The molecule has 0 fully saturated rings. The van der Waals surface area contributed by atoms with Crippen molar-refractivity contribution in [1.82, 2.24) is 4.98 Å².